The van der Waals surface area contributed by atoms with Crippen LogP contribution < -0.4 is 19.5 Å². The van der Waals surface area contributed by atoms with Crippen LogP contribution in [0.4, 0.5) is 5.69 Å². The molecule has 1 aliphatic heterocycles. The molecule has 0 aromatic heterocycles. The van der Waals surface area contributed by atoms with Gasteiger partial charge in [0.15, 0.2) is 11.5 Å². The van der Waals surface area contributed by atoms with E-state index >= 15 is 0 Å². The minimum atomic E-state index is -3.41. The van der Waals surface area contributed by atoms with Gasteiger partial charge in [-0.05, 0) is 42.3 Å². The second kappa shape index (κ2) is 6.64. The molecule has 1 heterocycles. The normalized spacial score (nSPS) is 12.7. The molecule has 0 aliphatic carbocycles. The van der Waals surface area contributed by atoms with Crippen molar-refractivity contribution in [3.8, 4) is 11.5 Å². The van der Waals surface area contributed by atoms with Crippen molar-refractivity contribution >= 4 is 21.6 Å². The second-order valence-electron chi connectivity index (χ2n) is 5.72. The van der Waals surface area contributed by atoms with Gasteiger partial charge >= 0.3 is 0 Å². The molecule has 7 nitrogen and oxygen atoms in total. The third-order valence-electron chi connectivity index (χ3n) is 3.76. The first-order valence-electron chi connectivity index (χ1n) is 7.57. The molecule has 0 saturated carbocycles. The third kappa shape index (κ3) is 4.03. The van der Waals surface area contributed by atoms with E-state index in [1.165, 1.54) is 0 Å². The average Bonchev–Trinajstić information content (AvgIpc) is 3.01. The van der Waals surface area contributed by atoms with Crippen molar-refractivity contribution in [3.63, 3.8) is 0 Å². The van der Waals surface area contributed by atoms with E-state index in [0.29, 0.717) is 34.9 Å². The molecule has 8 heteroatoms. The summed E-state index contributed by atoms with van der Waals surface area (Å²) in [5.41, 5.74) is 2.24. The van der Waals surface area contributed by atoms with Gasteiger partial charge in [0, 0.05) is 12.1 Å². The summed E-state index contributed by atoms with van der Waals surface area (Å²) < 4.78 is 35.8. The predicted molar refractivity (Wildman–Crippen MR) is 93.4 cm³/mol. The number of amides is 1. The maximum Gasteiger partial charge on any atom is 0.251 e. The van der Waals surface area contributed by atoms with Gasteiger partial charge in [-0.15, -0.1) is 0 Å². The summed E-state index contributed by atoms with van der Waals surface area (Å²) in [5, 5.41) is 2.82. The van der Waals surface area contributed by atoms with Crippen LogP contribution in [0, 0.1) is 6.92 Å². The highest BCUT2D eigenvalue weighted by atomic mass is 32.2. The van der Waals surface area contributed by atoms with Gasteiger partial charge in [0.05, 0.1) is 11.9 Å². The van der Waals surface area contributed by atoms with Crippen LogP contribution in [0.15, 0.2) is 36.4 Å². The number of fused-ring (bicyclic) bond motifs is 1. The van der Waals surface area contributed by atoms with Crippen LogP contribution in [0.5, 0.6) is 11.5 Å². The first kappa shape index (κ1) is 17.1. The van der Waals surface area contributed by atoms with Gasteiger partial charge in [-0.25, -0.2) is 8.42 Å². The Hall–Kier alpha value is -2.74. The molecule has 0 bridgehead atoms. The predicted octanol–water partition coefficient (Wildman–Crippen LogP) is 2.03. The lowest BCUT2D eigenvalue weighted by Gasteiger charge is -2.12. The molecule has 1 aliphatic rings. The smallest absolute Gasteiger partial charge is 0.251 e. The van der Waals surface area contributed by atoms with Gasteiger partial charge < -0.3 is 14.8 Å². The summed E-state index contributed by atoms with van der Waals surface area (Å²) in [6.07, 6.45) is 1.07. The van der Waals surface area contributed by atoms with Gasteiger partial charge in [0.2, 0.25) is 16.8 Å². The van der Waals surface area contributed by atoms with Crippen molar-refractivity contribution < 1.29 is 22.7 Å². The van der Waals surface area contributed by atoms with Crippen LogP contribution in [-0.4, -0.2) is 27.4 Å². The maximum atomic E-state index is 12.4. The molecule has 0 atom stereocenters. The molecule has 3 rings (SSSR count). The van der Waals surface area contributed by atoms with Crippen molar-refractivity contribution in [2.24, 2.45) is 0 Å². The second-order valence-corrected chi connectivity index (χ2v) is 7.47. The summed E-state index contributed by atoms with van der Waals surface area (Å²) in [7, 11) is -3.41. The minimum Gasteiger partial charge on any atom is -0.454 e. The largest absolute Gasteiger partial charge is 0.454 e. The standard InChI is InChI=1S/C17H18N2O5S/c1-11-13(4-3-5-14(11)19-25(2,21)22)17(20)18-9-12-6-7-15-16(8-12)24-10-23-15/h3-8,19H,9-10H2,1-2H3,(H,18,20). The summed E-state index contributed by atoms with van der Waals surface area (Å²) in [5.74, 6) is 1.06. The summed E-state index contributed by atoms with van der Waals surface area (Å²) in [4.78, 5) is 12.4. The molecule has 0 fully saturated rings. The van der Waals surface area contributed by atoms with Gasteiger partial charge in [0.1, 0.15) is 0 Å². The molecule has 0 radical (unpaired) electrons. The van der Waals surface area contributed by atoms with Gasteiger partial charge in [-0.1, -0.05) is 12.1 Å². The SMILES string of the molecule is Cc1c(NS(C)(=O)=O)cccc1C(=O)NCc1ccc2c(c1)OCO2. The Morgan fingerprint density at radius 3 is 2.68 bits per heavy atom. The molecular weight excluding hydrogens is 344 g/mol. The number of hydrogen-bond donors (Lipinski definition) is 2. The Kier molecular flexibility index (Phi) is 4.54. The molecule has 25 heavy (non-hydrogen) atoms. The Labute approximate surface area is 146 Å². The number of ether oxygens (including phenoxy) is 2. The number of nitrogens with one attached hydrogen (secondary N) is 2. The average molecular weight is 362 g/mol. The van der Waals surface area contributed by atoms with Crippen LogP contribution in [0.25, 0.3) is 0 Å². The Bertz CT molecular complexity index is 925. The fraction of sp³-hybridized carbons (Fsp3) is 0.235. The number of sulfonamides is 1. The van der Waals surface area contributed by atoms with Crippen LogP contribution in [0.3, 0.4) is 0 Å². The summed E-state index contributed by atoms with van der Waals surface area (Å²) in [6.45, 7) is 2.21. The van der Waals surface area contributed by atoms with E-state index in [0.717, 1.165) is 11.8 Å². The minimum absolute atomic E-state index is 0.199. The molecule has 2 aromatic rings. The van der Waals surface area contributed by atoms with Crippen molar-refractivity contribution in [1.29, 1.82) is 0 Å². The van der Waals surface area contributed by atoms with E-state index in [2.05, 4.69) is 10.0 Å². The van der Waals surface area contributed by atoms with Crippen LogP contribution >= 0.6 is 0 Å². The lowest BCUT2D eigenvalue weighted by Crippen LogP contribution is -2.24. The maximum absolute atomic E-state index is 12.4. The lowest BCUT2D eigenvalue weighted by molar-refractivity contribution is 0.0950. The number of hydrogen-bond acceptors (Lipinski definition) is 5. The van der Waals surface area contributed by atoms with E-state index in [1.807, 2.05) is 12.1 Å². The summed E-state index contributed by atoms with van der Waals surface area (Å²) >= 11 is 0. The first-order valence-corrected chi connectivity index (χ1v) is 9.47. The zero-order chi connectivity index (χ0) is 18.0. The number of benzene rings is 2. The zero-order valence-corrected chi connectivity index (χ0v) is 14.6. The molecule has 1 amide bonds. The lowest BCUT2D eigenvalue weighted by atomic mass is 10.1. The molecule has 2 aromatic carbocycles. The van der Waals surface area contributed by atoms with Gasteiger partial charge in [-0.2, -0.15) is 0 Å². The Morgan fingerprint density at radius 2 is 1.92 bits per heavy atom. The molecule has 0 saturated heterocycles. The highest BCUT2D eigenvalue weighted by Gasteiger charge is 2.15. The Balaban J connectivity index is 1.72. The highest BCUT2D eigenvalue weighted by Crippen LogP contribution is 2.32. The monoisotopic (exact) mass is 362 g/mol. The third-order valence-corrected chi connectivity index (χ3v) is 4.35. The molecule has 2 N–H and O–H groups in total. The fourth-order valence-corrected chi connectivity index (χ4v) is 3.14. The zero-order valence-electron chi connectivity index (χ0n) is 13.8. The van der Waals surface area contributed by atoms with Crippen LogP contribution in [0.2, 0.25) is 0 Å². The van der Waals surface area contributed by atoms with Crippen molar-refractivity contribution in [1.82, 2.24) is 5.32 Å². The quantitative estimate of drug-likeness (QED) is 0.849. The summed E-state index contributed by atoms with van der Waals surface area (Å²) in [6, 6.07) is 10.4. The number of carbonyl (C=O) groups excluding carboxylic acids is 1. The van der Waals surface area contributed by atoms with Crippen molar-refractivity contribution in [2.45, 2.75) is 13.5 Å². The van der Waals surface area contributed by atoms with E-state index in [1.54, 1.807) is 31.2 Å². The molecule has 0 unspecified atom stereocenters. The van der Waals surface area contributed by atoms with E-state index in [-0.39, 0.29) is 12.7 Å². The molecule has 132 valence electrons. The Morgan fingerprint density at radius 1 is 1.16 bits per heavy atom. The van der Waals surface area contributed by atoms with E-state index in [4.69, 9.17) is 9.47 Å². The fourth-order valence-electron chi connectivity index (χ4n) is 2.52. The van der Waals surface area contributed by atoms with Gasteiger partial charge in [0.25, 0.3) is 5.91 Å². The van der Waals surface area contributed by atoms with Gasteiger partial charge in [-0.3, -0.25) is 9.52 Å². The molecule has 0 spiro atoms. The number of rotatable bonds is 5. The molecular formula is C17H18N2O5S. The van der Waals surface area contributed by atoms with Crippen LogP contribution in [-0.2, 0) is 16.6 Å². The number of anilines is 1. The highest BCUT2D eigenvalue weighted by molar-refractivity contribution is 7.92. The first-order chi connectivity index (χ1) is 11.8. The van der Waals surface area contributed by atoms with Crippen molar-refractivity contribution in [2.75, 3.05) is 17.8 Å². The van der Waals surface area contributed by atoms with Crippen LogP contribution in [0.1, 0.15) is 21.5 Å². The van der Waals surface area contributed by atoms with Crippen molar-refractivity contribution in [3.05, 3.63) is 53.1 Å². The van der Waals surface area contributed by atoms with E-state index < -0.39 is 10.0 Å². The van der Waals surface area contributed by atoms with E-state index in [9.17, 15) is 13.2 Å². The topological polar surface area (TPSA) is 93.7 Å². The number of carbonyl (C=O) groups is 1.